The predicted molar refractivity (Wildman–Crippen MR) is 81.8 cm³/mol. The summed E-state index contributed by atoms with van der Waals surface area (Å²) in [6.45, 7) is 0.765. The van der Waals surface area contributed by atoms with Crippen molar-refractivity contribution in [2.75, 3.05) is 13.7 Å². The molecule has 0 saturated heterocycles. The van der Waals surface area contributed by atoms with E-state index in [-0.39, 0.29) is 6.04 Å². The quantitative estimate of drug-likeness (QED) is 0.902. The maximum Gasteiger partial charge on any atom is 0.0502 e. The summed E-state index contributed by atoms with van der Waals surface area (Å²) >= 11 is 0. The lowest BCUT2D eigenvalue weighted by Crippen LogP contribution is -2.28. The molecular weight excluding hydrogens is 246 g/mol. The van der Waals surface area contributed by atoms with Crippen molar-refractivity contribution in [2.24, 2.45) is 5.73 Å². The van der Waals surface area contributed by atoms with Gasteiger partial charge in [-0.3, -0.25) is 0 Å². The van der Waals surface area contributed by atoms with Crippen LogP contribution in [0.15, 0.2) is 48.5 Å². The molecule has 3 rings (SSSR count). The van der Waals surface area contributed by atoms with E-state index in [0.717, 1.165) is 19.4 Å². The Balaban J connectivity index is 1.71. The predicted octanol–water partition coefficient (Wildman–Crippen LogP) is 3.22. The van der Waals surface area contributed by atoms with E-state index < -0.39 is 0 Å². The van der Waals surface area contributed by atoms with Gasteiger partial charge in [-0.05, 0) is 35.1 Å². The smallest absolute Gasteiger partial charge is 0.0502 e. The van der Waals surface area contributed by atoms with E-state index in [9.17, 15) is 0 Å². The fourth-order valence-corrected chi connectivity index (χ4v) is 2.98. The second kappa shape index (κ2) is 5.78. The molecule has 0 bridgehead atoms. The lowest BCUT2D eigenvalue weighted by molar-refractivity contribution is 0.202. The number of rotatable bonds is 5. The highest BCUT2D eigenvalue weighted by Gasteiger charge is 2.31. The zero-order valence-corrected chi connectivity index (χ0v) is 11.9. The zero-order valence-electron chi connectivity index (χ0n) is 11.9. The molecule has 2 aromatic rings. The Morgan fingerprint density at radius 1 is 1.15 bits per heavy atom. The van der Waals surface area contributed by atoms with Crippen molar-refractivity contribution in [3.8, 4) is 0 Å². The molecule has 0 spiro atoms. The molecule has 104 valence electrons. The average molecular weight is 267 g/mol. The van der Waals surface area contributed by atoms with Crippen LogP contribution in [0.3, 0.4) is 0 Å². The summed E-state index contributed by atoms with van der Waals surface area (Å²) in [5.41, 5.74) is 11.8. The first-order chi connectivity index (χ1) is 9.79. The van der Waals surface area contributed by atoms with Crippen LogP contribution in [0, 0.1) is 0 Å². The fourth-order valence-electron chi connectivity index (χ4n) is 2.98. The van der Waals surface area contributed by atoms with E-state index in [1.807, 2.05) is 0 Å². The molecule has 2 nitrogen and oxygen atoms in total. The first kappa shape index (κ1) is 13.3. The second-order valence-electron chi connectivity index (χ2n) is 5.52. The van der Waals surface area contributed by atoms with Crippen molar-refractivity contribution in [1.82, 2.24) is 0 Å². The summed E-state index contributed by atoms with van der Waals surface area (Å²) in [4.78, 5) is 0. The lowest BCUT2D eigenvalue weighted by atomic mass is 9.72. The number of benzene rings is 2. The molecular formula is C18H21NO. The summed E-state index contributed by atoms with van der Waals surface area (Å²) in [6, 6.07) is 17.4. The number of hydrogen-bond acceptors (Lipinski definition) is 2. The van der Waals surface area contributed by atoms with Crippen LogP contribution in [-0.2, 0) is 17.6 Å². The molecule has 0 aliphatic heterocycles. The van der Waals surface area contributed by atoms with Crippen LogP contribution < -0.4 is 5.73 Å². The maximum absolute atomic E-state index is 6.44. The Morgan fingerprint density at radius 3 is 2.60 bits per heavy atom. The van der Waals surface area contributed by atoms with Crippen LogP contribution in [0.2, 0.25) is 0 Å². The number of nitrogens with two attached hydrogens (primary N) is 1. The monoisotopic (exact) mass is 267 g/mol. The summed E-state index contributed by atoms with van der Waals surface area (Å²) in [5.74, 6) is 0.469. The largest absolute Gasteiger partial charge is 0.384 e. The van der Waals surface area contributed by atoms with Gasteiger partial charge in [-0.2, -0.15) is 0 Å². The minimum Gasteiger partial charge on any atom is -0.384 e. The molecule has 2 atom stereocenters. The normalized spacial score (nSPS) is 18.2. The van der Waals surface area contributed by atoms with Crippen LogP contribution >= 0.6 is 0 Å². The first-order valence-corrected chi connectivity index (χ1v) is 7.21. The highest BCUT2D eigenvalue weighted by Crippen LogP contribution is 2.42. The number of ether oxygens (including phenoxy) is 1. The third-order valence-corrected chi connectivity index (χ3v) is 4.29. The maximum atomic E-state index is 6.44. The lowest BCUT2D eigenvalue weighted by Gasteiger charge is -2.35. The van der Waals surface area contributed by atoms with Crippen LogP contribution in [0.1, 0.15) is 34.2 Å². The molecule has 1 aliphatic rings. The van der Waals surface area contributed by atoms with Gasteiger partial charge in [-0.1, -0.05) is 48.5 Å². The van der Waals surface area contributed by atoms with Crippen molar-refractivity contribution in [2.45, 2.75) is 24.8 Å². The summed E-state index contributed by atoms with van der Waals surface area (Å²) < 4.78 is 5.10. The standard InChI is InChI=1S/C18H21NO/c1-20-11-10-13-6-8-14(9-7-13)18(19)17-12-15-4-2-3-5-16(15)17/h2-9,17-18H,10-12,19H2,1H3. The molecule has 0 fully saturated rings. The number of hydrogen-bond donors (Lipinski definition) is 1. The van der Waals surface area contributed by atoms with Crippen molar-refractivity contribution < 1.29 is 4.74 Å². The van der Waals surface area contributed by atoms with Crippen molar-refractivity contribution in [1.29, 1.82) is 0 Å². The van der Waals surface area contributed by atoms with E-state index in [2.05, 4.69) is 48.5 Å². The summed E-state index contributed by atoms with van der Waals surface area (Å²) in [5, 5.41) is 0. The minimum absolute atomic E-state index is 0.0985. The van der Waals surface area contributed by atoms with E-state index >= 15 is 0 Å². The topological polar surface area (TPSA) is 35.2 Å². The second-order valence-corrected chi connectivity index (χ2v) is 5.52. The van der Waals surface area contributed by atoms with E-state index in [1.54, 1.807) is 7.11 Å². The molecule has 2 unspecified atom stereocenters. The van der Waals surface area contributed by atoms with Gasteiger partial charge in [0.2, 0.25) is 0 Å². The van der Waals surface area contributed by atoms with Gasteiger partial charge in [-0.25, -0.2) is 0 Å². The first-order valence-electron chi connectivity index (χ1n) is 7.21. The van der Waals surface area contributed by atoms with Gasteiger partial charge in [0, 0.05) is 19.1 Å². The third kappa shape index (κ3) is 2.49. The highest BCUT2D eigenvalue weighted by molar-refractivity contribution is 5.43. The average Bonchev–Trinajstić information content (AvgIpc) is 2.47. The highest BCUT2D eigenvalue weighted by atomic mass is 16.5. The molecule has 2 aromatic carbocycles. The molecule has 0 heterocycles. The molecule has 0 saturated carbocycles. The van der Waals surface area contributed by atoms with Gasteiger partial charge in [-0.15, -0.1) is 0 Å². The minimum atomic E-state index is 0.0985. The van der Waals surface area contributed by atoms with Crippen molar-refractivity contribution in [3.63, 3.8) is 0 Å². The molecule has 0 radical (unpaired) electrons. The van der Waals surface area contributed by atoms with Gasteiger partial charge in [0.25, 0.3) is 0 Å². The van der Waals surface area contributed by atoms with E-state index in [1.165, 1.54) is 22.3 Å². The molecule has 0 aromatic heterocycles. The van der Waals surface area contributed by atoms with Gasteiger partial charge < -0.3 is 10.5 Å². The van der Waals surface area contributed by atoms with Crippen molar-refractivity contribution >= 4 is 0 Å². The molecule has 20 heavy (non-hydrogen) atoms. The van der Waals surface area contributed by atoms with Crippen LogP contribution in [0.5, 0.6) is 0 Å². The Kier molecular flexibility index (Phi) is 3.86. The van der Waals surface area contributed by atoms with E-state index in [4.69, 9.17) is 10.5 Å². The Labute approximate surface area is 120 Å². The molecule has 0 amide bonds. The fraction of sp³-hybridized carbons (Fsp3) is 0.333. The summed E-state index contributed by atoms with van der Waals surface area (Å²) in [6.07, 6.45) is 2.06. The SMILES string of the molecule is COCCc1ccc(C(N)C2Cc3ccccc32)cc1. The molecule has 1 aliphatic carbocycles. The van der Waals surface area contributed by atoms with Crippen LogP contribution in [0.25, 0.3) is 0 Å². The van der Waals surface area contributed by atoms with Crippen LogP contribution in [0.4, 0.5) is 0 Å². The Morgan fingerprint density at radius 2 is 1.90 bits per heavy atom. The van der Waals surface area contributed by atoms with Gasteiger partial charge in [0.1, 0.15) is 0 Å². The van der Waals surface area contributed by atoms with Gasteiger partial charge >= 0.3 is 0 Å². The number of fused-ring (bicyclic) bond motifs is 1. The summed E-state index contributed by atoms with van der Waals surface area (Å²) in [7, 11) is 1.73. The van der Waals surface area contributed by atoms with E-state index in [0.29, 0.717) is 5.92 Å². The van der Waals surface area contributed by atoms with Gasteiger partial charge in [0.15, 0.2) is 0 Å². The zero-order chi connectivity index (χ0) is 13.9. The van der Waals surface area contributed by atoms with Gasteiger partial charge in [0.05, 0.1) is 6.61 Å². The molecule has 2 N–H and O–H groups in total. The Hall–Kier alpha value is -1.64. The van der Waals surface area contributed by atoms with Crippen molar-refractivity contribution in [3.05, 3.63) is 70.8 Å². The third-order valence-electron chi connectivity index (χ3n) is 4.29. The number of methoxy groups -OCH3 is 1. The Bertz CT molecular complexity index is 576. The van der Waals surface area contributed by atoms with Crippen LogP contribution in [-0.4, -0.2) is 13.7 Å². The molecule has 2 heteroatoms.